The maximum atomic E-state index is 12.5. The largest absolute Gasteiger partial charge is 0.352 e. The molecule has 1 aliphatic rings. The molecule has 2 N–H and O–H groups in total. The zero-order chi connectivity index (χ0) is 18.8. The van der Waals surface area contributed by atoms with Gasteiger partial charge in [-0.15, -0.1) is 0 Å². The van der Waals surface area contributed by atoms with Crippen LogP contribution in [0.4, 0.5) is 0 Å². The first-order valence-electron chi connectivity index (χ1n) is 9.74. The molecular formula is C20H37N3O2. The normalized spacial score (nSPS) is 17.9. The molecule has 0 heterocycles. The average molecular weight is 352 g/mol. The van der Waals surface area contributed by atoms with E-state index in [0.29, 0.717) is 19.0 Å². The second-order valence-electron chi connectivity index (χ2n) is 7.44. The number of likely N-dealkylation sites (N-methyl/N-ethyl adjacent to an activating group) is 2. The van der Waals surface area contributed by atoms with Crippen LogP contribution in [0.2, 0.25) is 0 Å². The number of carbonyl (C=O) groups is 2. The lowest BCUT2D eigenvalue weighted by Gasteiger charge is -2.26. The summed E-state index contributed by atoms with van der Waals surface area (Å²) in [7, 11) is 3.85. The first-order chi connectivity index (χ1) is 11.9. The van der Waals surface area contributed by atoms with Crippen LogP contribution in [0, 0.1) is 0 Å². The molecule has 0 aromatic heterocycles. The Balaban J connectivity index is 2.34. The molecule has 0 bridgehead atoms. The van der Waals surface area contributed by atoms with E-state index in [9.17, 15) is 9.59 Å². The van der Waals surface area contributed by atoms with Gasteiger partial charge in [0.1, 0.15) is 5.78 Å². The van der Waals surface area contributed by atoms with E-state index in [1.165, 1.54) is 12.0 Å². The van der Waals surface area contributed by atoms with Gasteiger partial charge in [-0.25, -0.2) is 0 Å². The van der Waals surface area contributed by atoms with Crippen LogP contribution in [0.25, 0.3) is 0 Å². The number of rotatable bonds is 12. The predicted octanol–water partition coefficient (Wildman–Crippen LogP) is 2.66. The van der Waals surface area contributed by atoms with Crippen LogP contribution in [-0.4, -0.2) is 55.4 Å². The quantitative estimate of drug-likeness (QED) is 0.531. The van der Waals surface area contributed by atoms with E-state index in [0.717, 1.165) is 32.1 Å². The van der Waals surface area contributed by atoms with E-state index in [4.69, 9.17) is 0 Å². The molecule has 0 aromatic carbocycles. The summed E-state index contributed by atoms with van der Waals surface area (Å²) in [5.41, 5.74) is 1.40. The van der Waals surface area contributed by atoms with E-state index in [1.54, 1.807) is 0 Å². The van der Waals surface area contributed by atoms with Crippen molar-refractivity contribution in [2.75, 3.05) is 20.6 Å². The smallest absolute Gasteiger partial charge is 0.237 e. The fraction of sp³-hybridized carbons (Fsp3) is 0.800. The Bertz CT molecular complexity index is 462. The zero-order valence-corrected chi connectivity index (χ0v) is 16.7. The number of nitrogens with one attached hydrogen (secondary N) is 2. The lowest BCUT2D eigenvalue weighted by molar-refractivity contribution is -0.123. The highest BCUT2D eigenvalue weighted by molar-refractivity contribution is 5.82. The van der Waals surface area contributed by atoms with Crippen LogP contribution in [-0.2, 0) is 9.59 Å². The molecule has 1 unspecified atom stereocenters. The van der Waals surface area contributed by atoms with Gasteiger partial charge in [0.2, 0.25) is 5.91 Å². The highest BCUT2D eigenvalue weighted by Crippen LogP contribution is 2.22. The molecule has 1 amide bonds. The van der Waals surface area contributed by atoms with Gasteiger partial charge in [-0.3, -0.25) is 14.5 Å². The molecule has 5 heteroatoms. The van der Waals surface area contributed by atoms with Gasteiger partial charge in [0.15, 0.2) is 0 Å². The Hall–Kier alpha value is -1.20. The lowest BCUT2D eigenvalue weighted by Crippen LogP contribution is -2.46. The van der Waals surface area contributed by atoms with E-state index in [-0.39, 0.29) is 23.8 Å². The average Bonchev–Trinajstić information content (AvgIpc) is 3.10. The molecule has 1 aliphatic carbocycles. The standard InChI is InChI=1S/C20H37N3O2/c1-6-18(24)14-23(5)16(3)12-11-15(2)22-20(25)19(21-4)13-17-9-7-8-10-17/h9,15-16,19,21H,6-8,10-14H2,1-5H3,(H,22,25)/t15-,16-,19?/m1/s1. The van der Waals surface area contributed by atoms with E-state index in [1.807, 2.05) is 21.0 Å². The summed E-state index contributed by atoms with van der Waals surface area (Å²) < 4.78 is 0. The van der Waals surface area contributed by atoms with E-state index >= 15 is 0 Å². The van der Waals surface area contributed by atoms with Crippen molar-refractivity contribution in [3.05, 3.63) is 11.6 Å². The molecule has 25 heavy (non-hydrogen) atoms. The highest BCUT2D eigenvalue weighted by atomic mass is 16.2. The Morgan fingerprint density at radius 1 is 1.28 bits per heavy atom. The molecule has 0 aliphatic heterocycles. The summed E-state index contributed by atoms with van der Waals surface area (Å²) >= 11 is 0. The van der Waals surface area contributed by atoms with Crippen molar-refractivity contribution in [1.82, 2.24) is 15.5 Å². The Labute approximate surface area is 153 Å². The predicted molar refractivity (Wildman–Crippen MR) is 104 cm³/mol. The topological polar surface area (TPSA) is 61.4 Å². The van der Waals surface area contributed by atoms with Gasteiger partial charge >= 0.3 is 0 Å². The Morgan fingerprint density at radius 2 is 2.00 bits per heavy atom. The van der Waals surface area contributed by atoms with Crippen molar-refractivity contribution in [2.45, 2.75) is 83.8 Å². The molecule has 0 fully saturated rings. The molecule has 0 saturated heterocycles. The number of nitrogens with zero attached hydrogens (tertiary/aromatic N) is 1. The molecule has 1 rings (SSSR count). The molecular weight excluding hydrogens is 314 g/mol. The Morgan fingerprint density at radius 3 is 2.56 bits per heavy atom. The molecule has 0 radical (unpaired) electrons. The van der Waals surface area contributed by atoms with E-state index < -0.39 is 0 Å². The fourth-order valence-corrected chi connectivity index (χ4v) is 3.18. The first kappa shape index (κ1) is 21.8. The monoisotopic (exact) mass is 351 g/mol. The van der Waals surface area contributed by atoms with Crippen molar-refractivity contribution < 1.29 is 9.59 Å². The maximum Gasteiger partial charge on any atom is 0.237 e. The number of allylic oxidation sites excluding steroid dienone is 1. The second kappa shape index (κ2) is 11.4. The number of amides is 1. The van der Waals surface area contributed by atoms with Crippen molar-refractivity contribution in [3.8, 4) is 0 Å². The summed E-state index contributed by atoms with van der Waals surface area (Å²) in [6.07, 6.45) is 9.04. The minimum atomic E-state index is -0.144. The number of carbonyl (C=O) groups excluding carboxylic acids is 2. The van der Waals surface area contributed by atoms with Crippen LogP contribution in [0.5, 0.6) is 0 Å². The van der Waals surface area contributed by atoms with Crippen LogP contribution < -0.4 is 10.6 Å². The molecule has 144 valence electrons. The highest BCUT2D eigenvalue weighted by Gasteiger charge is 2.21. The van der Waals surface area contributed by atoms with Gasteiger partial charge in [-0.2, -0.15) is 0 Å². The molecule has 0 spiro atoms. The van der Waals surface area contributed by atoms with Crippen molar-refractivity contribution in [1.29, 1.82) is 0 Å². The van der Waals surface area contributed by atoms with Gasteiger partial charge in [-0.05, 0) is 66.5 Å². The molecule has 0 aromatic rings. The van der Waals surface area contributed by atoms with E-state index in [2.05, 4.69) is 35.5 Å². The zero-order valence-electron chi connectivity index (χ0n) is 16.7. The Kier molecular flexibility index (Phi) is 9.98. The van der Waals surface area contributed by atoms with Gasteiger partial charge in [0.05, 0.1) is 12.6 Å². The summed E-state index contributed by atoms with van der Waals surface area (Å²) in [5, 5.41) is 6.28. The summed E-state index contributed by atoms with van der Waals surface area (Å²) in [6.45, 7) is 6.61. The number of hydrogen-bond donors (Lipinski definition) is 2. The minimum absolute atomic E-state index is 0.0879. The van der Waals surface area contributed by atoms with Gasteiger partial charge in [0, 0.05) is 18.5 Å². The van der Waals surface area contributed by atoms with Crippen LogP contribution >= 0.6 is 0 Å². The second-order valence-corrected chi connectivity index (χ2v) is 7.44. The number of hydrogen-bond acceptors (Lipinski definition) is 4. The number of ketones is 1. The van der Waals surface area contributed by atoms with Gasteiger partial charge < -0.3 is 10.6 Å². The summed E-state index contributed by atoms with van der Waals surface area (Å²) in [4.78, 5) is 26.1. The third-order valence-corrected chi connectivity index (χ3v) is 5.24. The minimum Gasteiger partial charge on any atom is -0.352 e. The molecule has 3 atom stereocenters. The summed E-state index contributed by atoms with van der Waals surface area (Å²) in [5.74, 6) is 0.360. The van der Waals surface area contributed by atoms with Crippen molar-refractivity contribution in [3.63, 3.8) is 0 Å². The van der Waals surface area contributed by atoms with Crippen molar-refractivity contribution in [2.24, 2.45) is 0 Å². The third-order valence-electron chi connectivity index (χ3n) is 5.24. The number of Topliss-reactive ketones (excluding diaryl/α,β-unsaturated/α-hetero) is 1. The molecule has 0 saturated carbocycles. The third kappa shape index (κ3) is 8.15. The summed E-state index contributed by atoms with van der Waals surface area (Å²) in [6, 6.07) is 0.325. The van der Waals surface area contributed by atoms with Crippen LogP contribution in [0.15, 0.2) is 11.6 Å². The lowest BCUT2D eigenvalue weighted by atomic mass is 10.0. The first-order valence-corrected chi connectivity index (χ1v) is 9.74. The van der Waals surface area contributed by atoms with Crippen molar-refractivity contribution >= 4 is 11.7 Å². The van der Waals surface area contributed by atoms with Crippen LogP contribution in [0.1, 0.15) is 65.7 Å². The maximum absolute atomic E-state index is 12.5. The molecule has 5 nitrogen and oxygen atoms in total. The SMILES string of the molecule is CCC(=O)CN(C)[C@H](C)CC[C@@H](C)NC(=O)C(CC1=CCCC1)NC. The van der Waals surface area contributed by atoms with Gasteiger partial charge in [-0.1, -0.05) is 18.6 Å². The van der Waals surface area contributed by atoms with Gasteiger partial charge in [0.25, 0.3) is 0 Å². The van der Waals surface area contributed by atoms with Crippen LogP contribution in [0.3, 0.4) is 0 Å². The fourth-order valence-electron chi connectivity index (χ4n) is 3.18.